The fourth-order valence-corrected chi connectivity index (χ4v) is 5.50. The Kier molecular flexibility index (Phi) is 5.53. The highest BCUT2D eigenvalue weighted by molar-refractivity contribution is 7.89. The van der Waals surface area contributed by atoms with E-state index in [9.17, 15) is 13.2 Å². The molecule has 2 heterocycles. The summed E-state index contributed by atoms with van der Waals surface area (Å²) in [4.78, 5) is 17.5. The molecule has 1 atom stereocenters. The van der Waals surface area contributed by atoms with Crippen LogP contribution in [0.3, 0.4) is 0 Å². The van der Waals surface area contributed by atoms with Crippen molar-refractivity contribution in [3.8, 4) is 0 Å². The molecule has 1 amide bonds. The first-order valence-corrected chi connectivity index (χ1v) is 11.3. The van der Waals surface area contributed by atoms with Crippen molar-refractivity contribution in [1.29, 1.82) is 0 Å². The van der Waals surface area contributed by atoms with Gasteiger partial charge in [0.15, 0.2) is 0 Å². The minimum absolute atomic E-state index is 0.0531. The van der Waals surface area contributed by atoms with Crippen molar-refractivity contribution in [2.75, 3.05) is 26.2 Å². The maximum Gasteiger partial charge on any atom is 0.265 e. The number of rotatable bonds is 5. The minimum atomic E-state index is -3.88. The lowest BCUT2D eigenvalue weighted by Crippen LogP contribution is -2.46. The van der Waals surface area contributed by atoms with E-state index in [1.54, 1.807) is 5.38 Å². The molecule has 3 rings (SSSR count). The number of primary sulfonamides is 1. The molecule has 25 heavy (non-hydrogen) atoms. The van der Waals surface area contributed by atoms with Gasteiger partial charge in [-0.25, -0.2) is 13.6 Å². The third-order valence-electron chi connectivity index (χ3n) is 5.13. The number of carbonyl (C=O) groups is 1. The molecule has 1 aromatic heterocycles. The average Bonchev–Trinajstić information content (AvgIpc) is 3.24. The summed E-state index contributed by atoms with van der Waals surface area (Å²) in [6.07, 6.45) is 3.55. The van der Waals surface area contributed by atoms with E-state index in [2.05, 4.69) is 18.7 Å². The summed E-state index contributed by atoms with van der Waals surface area (Å²) in [5, 5.41) is 6.87. The van der Waals surface area contributed by atoms with E-state index in [1.807, 2.05) is 4.90 Å². The molecule has 6 nitrogen and oxygen atoms in total. The second-order valence-corrected chi connectivity index (χ2v) is 9.96. The first-order valence-electron chi connectivity index (χ1n) is 8.91. The summed E-state index contributed by atoms with van der Waals surface area (Å²) < 4.78 is 23.5. The number of nitrogens with zero attached hydrogens (tertiary/aromatic N) is 2. The van der Waals surface area contributed by atoms with Crippen molar-refractivity contribution in [2.24, 2.45) is 17.0 Å². The van der Waals surface area contributed by atoms with Gasteiger partial charge in [0.25, 0.3) is 5.91 Å². The molecule has 2 N–H and O–H groups in total. The van der Waals surface area contributed by atoms with E-state index in [0.717, 1.165) is 36.8 Å². The Morgan fingerprint density at radius 2 is 2.08 bits per heavy atom. The standard InChI is InChI=1S/C17H27N3O3S2/c1-12(2)14-11-20(8-3-7-19(14)10-13-4-5-13)17(21)16-15(6-9-24-16)25(18,22)23/h6,9,12-14H,3-5,7-8,10-11H2,1-2H3,(H2,18,22,23)/t14-/m1/s1. The van der Waals surface area contributed by atoms with E-state index >= 15 is 0 Å². The van der Waals surface area contributed by atoms with Gasteiger partial charge >= 0.3 is 0 Å². The maximum atomic E-state index is 13.0. The van der Waals surface area contributed by atoms with Gasteiger partial charge in [0.2, 0.25) is 10.0 Å². The lowest BCUT2D eigenvalue weighted by atomic mass is 10.0. The van der Waals surface area contributed by atoms with Crippen LogP contribution >= 0.6 is 11.3 Å². The van der Waals surface area contributed by atoms with Gasteiger partial charge in [-0.3, -0.25) is 9.69 Å². The Bertz CT molecular complexity index is 725. The van der Waals surface area contributed by atoms with E-state index in [1.165, 1.54) is 18.9 Å². The second-order valence-electron chi connectivity index (χ2n) is 7.51. The number of amides is 1. The first kappa shape index (κ1) is 18.8. The van der Waals surface area contributed by atoms with Gasteiger partial charge in [-0.2, -0.15) is 0 Å². The molecule has 2 aliphatic rings. The van der Waals surface area contributed by atoms with Crippen LogP contribution in [-0.4, -0.2) is 56.3 Å². The van der Waals surface area contributed by atoms with Gasteiger partial charge in [-0.1, -0.05) is 13.8 Å². The topological polar surface area (TPSA) is 83.7 Å². The van der Waals surface area contributed by atoms with E-state index < -0.39 is 10.0 Å². The monoisotopic (exact) mass is 385 g/mol. The number of hydrogen-bond acceptors (Lipinski definition) is 5. The summed E-state index contributed by atoms with van der Waals surface area (Å²) >= 11 is 1.15. The zero-order chi connectivity index (χ0) is 18.2. The van der Waals surface area contributed by atoms with Crippen molar-refractivity contribution in [3.63, 3.8) is 0 Å². The quantitative estimate of drug-likeness (QED) is 0.840. The lowest BCUT2D eigenvalue weighted by molar-refractivity contribution is 0.0705. The predicted molar refractivity (Wildman–Crippen MR) is 99.1 cm³/mol. The third-order valence-corrected chi connectivity index (χ3v) is 7.11. The van der Waals surface area contributed by atoms with Crippen LogP contribution in [0.4, 0.5) is 0 Å². The molecule has 0 aromatic carbocycles. The van der Waals surface area contributed by atoms with Crippen molar-refractivity contribution in [1.82, 2.24) is 9.80 Å². The van der Waals surface area contributed by atoms with E-state index in [-0.39, 0.29) is 15.7 Å². The molecule has 1 aromatic rings. The minimum Gasteiger partial charge on any atom is -0.336 e. The van der Waals surface area contributed by atoms with Crippen LogP contribution in [0.15, 0.2) is 16.3 Å². The molecule has 1 saturated heterocycles. The number of hydrogen-bond donors (Lipinski definition) is 1. The molecule has 2 fully saturated rings. The normalized spacial score (nSPS) is 23.0. The Morgan fingerprint density at radius 1 is 1.36 bits per heavy atom. The number of sulfonamides is 1. The Morgan fingerprint density at radius 3 is 2.68 bits per heavy atom. The van der Waals surface area contributed by atoms with Crippen molar-refractivity contribution in [3.05, 3.63) is 16.3 Å². The van der Waals surface area contributed by atoms with Gasteiger partial charge in [0.1, 0.15) is 9.77 Å². The summed E-state index contributed by atoms with van der Waals surface area (Å²) in [5.41, 5.74) is 0. The molecule has 1 aliphatic heterocycles. The molecule has 8 heteroatoms. The van der Waals surface area contributed by atoms with E-state index in [4.69, 9.17) is 5.14 Å². The predicted octanol–water partition coefficient (Wildman–Crippen LogP) is 1.98. The Balaban J connectivity index is 1.80. The van der Waals surface area contributed by atoms with Crippen LogP contribution in [0.25, 0.3) is 0 Å². The fraction of sp³-hybridized carbons (Fsp3) is 0.706. The number of thiophene rings is 1. The fourth-order valence-electron chi connectivity index (χ4n) is 3.56. The van der Waals surface area contributed by atoms with Crippen molar-refractivity contribution >= 4 is 27.3 Å². The second kappa shape index (κ2) is 7.34. The SMILES string of the molecule is CC(C)[C@H]1CN(C(=O)c2sccc2S(N)(=O)=O)CCCN1CC1CC1. The number of nitrogens with two attached hydrogens (primary N) is 1. The summed E-state index contributed by atoms with van der Waals surface area (Å²) in [5.74, 6) is 1.04. The molecule has 0 spiro atoms. The number of carbonyl (C=O) groups excluding carboxylic acids is 1. The Hall–Kier alpha value is -0.960. The molecule has 1 saturated carbocycles. The van der Waals surface area contributed by atoms with Crippen LogP contribution in [0.5, 0.6) is 0 Å². The highest BCUT2D eigenvalue weighted by Gasteiger charge is 2.34. The van der Waals surface area contributed by atoms with Gasteiger partial charge in [-0.15, -0.1) is 11.3 Å². The van der Waals surface area contributed by atoms with Crippen LogP contribution in [0.2, 0.25) is 0 Å². The molecular weight excluding hydrogens is 358 g/mol. The summed E-state index contributed by atoms with van der Waals surface area (Å²) in [6.45, 7) is 7.80. The van der Waals surface area contributed by atoms with Gasteiger partial charge in [0, 0.05) is 32.2 Å². The van der Waals surface area contributed by atoms with Crippen LogP contribution in [0.1, 0.15) is 42.8 Å². The average molecular weight is 386 g/mol. The van der Waals surface area contributed by atoms with Gasteiger partial charge < -0.3 is 4.90 Å². The highest BCUT2D eigenvalue weighted by atomic mass is 32.2. The highest BCUT2D eigenvalue weighted by Crippen LogP contribution is 2.32. The maximum absolute atomic E-state index is 13.0. The molecular formula is C17H27N3O3S2. The Labute approximate surface area is 154 Å². The van der Waals surface area contributed by atoms with Crippen molar-refractivity contribution in [2.45, 2.75) is 44.0 Å². The van der Waals surface area contributed by atoms with Gasteiger partial charge in [-0.05, 0) is 42.5 Å². The molecule has 0 radical (unpaired) electrons. The van der Waals surface area contributed by atoms with Crippen LogP contribution in [-0.2, 0) is 10.0 Å². The molecule has 1 aliphatic carbocycles. The van der Waals surface area contributed by atoms with Gasteiger partial charge in [0.05, 0.1) is 0 Å². The van der Waals surface area contributed by atoms with Crippen molar-refractivity contribution < 1.29 is 13.2 Å². The van der Waals surface area contributed by atoms with E-state index in [0.29, 0.717) is 25.0 Å². The zero-order valence-electron chi connectivity index (χ0n) is 14.8. The summed E-state index contributed by atoms with van der Waals surface area (Å²) in [6, 6.07) is 1.73. The lowest BCUT2D eigenvalue weighted by Gasteiger charge is -2.34. The molecule has 0 unspecified atom stereocenters. The summed E-state index contributed by atoms with van der Waals surface area (Å²) in [7, 11) is -3.88. The van der Waals surface area contributed by atoms with Crippen LogP contribution < -0.4 is 5.14 Å². The first-order chi connectivity index (χ1) is 11.8. The smallest absolute Gasteiger partial charge is 0.265 e. The molecule has 140 valence electrons. The molecule has 0 bridgehead atoms. The zero-order valence-corrected chi connectivity index (χ0v) is 16.5. The largest absolute Gasteiger partial charge is 0.336 e. The third kappa shape index (κ3) is 4.42. The van der Waals surface area contributed by atoms with Crippen LogP contribution in [0, 0.1) is 11.8 Å².